The van der Waals surface area contributed by atoms with Gasteiger partial charge in [0.15, 0.2) is 11.2 Å². The number of fused-ring (bicyclic) bond motifs is 1. The molecule has 10 nitrogen and oxygen atoms in total. The Morgan fingerprint density at radius 2 is 1.91 bits per heavy atom. The van der Waals surface area contributed by atoms with Gasteiger partial charge in [0.2, 0.25) is 0 Å². The van der Waals surface area contributed by atoms with Crippen LogP contribution in [0.4, 0.5) is 0 Å². The molecule has 2 unspecified atom stereocenters. The van der Waals surface area contributed by atoms with Gasteiger partial charge in [-0.15, -0.1) is 9.05 Å². The predicted molar refractivity (Wildman–Crippen MR) is 124 cm³/mol. The van der Waals surface area contributed by atoms with Gasteiger partial charge in [-0.3, -0.25) is 13.9 Å². The number of hydrogen-bond donors (Lipinski definition) is 0. The highest BCUT2D eigenvalue weighted by molar-refractivity contribution is 7.33. The lowest BCUT2D eigenvalue weighted by Gasteiger charge is -2.09. The molecule has 178 valence electrons. The normalized spacial score (nSPS) is 12.9. The smallest absolute Gasteiger partial charge is 0.361 e. The Morgan fingerprint density at radius 1 is 1.15 bits per heavy atom. The molecule has 11 heteroatoms. The maximum Gasteiger partial charge on any atom is 0.697 e. The molecule has 2 atom stereocenters. The monoisotopic (exact) mass is 477 g/mol. The molecule has 0 aliphatic carbocycles. The fourth-order valence-corrected chi connectivity index (χ4v) is 4.19. The summed E-state index contributed by atoms with van der Waals surface area (Å²) in [6.45, 7) is 4.80. The summed E-state index contributed by atoms with van der Waals surface area (Å²) in [6, 6.07) is 9.81. The molecule has 0 radical (unpaired) electrons. The molecule has 0 saturated carbocycles. The number of unbranched alkanes of at least 4 members (excludes halogenated alkanes) is 1. The van der Waals surface area contributed by atoms with Crippen LogP contribution in [0.25, 0.3) is 11.2 Å². The second kappa shape index (κ2) is 12.0. The zero-order chi connectivity index (χ0) is 23.8. The van der Waals surface area contributed by atoms with E-state index in [2.05, 4.69) is 4.98 Å². The fourth-order valence-electron chi connectivity index (χ4n) is 3.48. The number of rotatable bonds is 13. The van der Waals surface area contributed by atoms with Crippen LogP contribution in [-0.2, 0) is 45.1 Å². The van der Waals surface area contributed by atoms with Gasteiger partial charge in [-0.25, -0.2) is 9.78 Å². The van der Waals surface area contributed by atoms with Gasteiger partial charge in [0.05, 0.1) is 6.33 Å². The number of ether oxygens (including phenoxy) is 1. The molecule has 0 amide bonds. The molecule has 0 fully saturated rings. The van der Waals surface area contributed by atoms with Crippen molar-refractivity contribution in [2.75, 3.05) is 13.2 Å². The molecule has 0 aliphatic rings. The molecule has 3 rings (SSSR count). The zero-order valence-electron chi connectivity index (χ0n) is 19.2. The first-order valence-electron chi connectivity index (χ1n) is 11.0. The van der Waals surface area contributed by atoms with Crippen LogP contribution in [0, 0.1) is 0 Å². The third kappa shape index (κ3) is 6.45. The minimum Gasteiger partial charge on any atom is -0.361 e. The fraction of sp³-hybridized carbons (Fsp3) is 0.500. The van der Waals surface area contributed by atoms with Gasteiger partial charge in [0.25, 0.3) is 5.56 Å². The van der Waals surface area contributed by atoms with E-state index in [1.807, 2.05) is 44.2 Å². The first-order chi connectivity index (χ1) is 15.9. The number of benzene rings is 1. The Labute approximate surface area is 192 Å². The van der Waals surface area contributed by atoms with E-state index in [0.717, 1.165) is 5.56 Å². The topological polar surface area (TPSA) is 107 Å². The molecule has 0 N–H and O–H groups in total. The number of aromatic nitrogens is 4. The first kappa shape index (κ1) is 25.0. The molecule has 33 heavy (non-hydrogen) atoms. The molecule has 2 heterocycles. The van der Waals surface area contributed by atoms with Crippen LogP contribution in [-0.4, -0.2) is 38.0 Å². The quantitative estimate of drug-likeness (QED) is 0.275. The van der Waals surface area contributed by atoms with Crippen molar-refractivity contribution in [2.45, 2.75) is 52.5 Å². The van der Waals surface area contributed by atoms with Crippen molar-refractivity contribution in [3.63, 3.8) is 0 Å². The van der Waals surface area contributed by atoms with E-state index < -0.39 is 19.5 Å². The lowest BCUT2D eigenvalue weighted by atomic mass is 10.1. The third-order valence-corrected chi connectivity index (χ3v) is 6.07. The van der Waals surface area contributed by atoms with Gasteiger partial charge in [0, 0.05) is 31.2 Å². The summed E-state index contributed by atoms with van der Waals surface area (Å²) >= 11 is 0. The van der Waals surface area contributed by atoms with E-state index in [-0.39, 0.29) is 26.0 Å². The van der Waals surface area contributed by atoms with Crippen molar-refractivity contribution in [3.8, 4) is 0 Å². The van der Waals surface area contributed by atoms with Crippen LogP contribution in [0.15, 0.2) is 46.2 Å². The second-order valence-electron chi connectivity index (χ2n) is 7.68. The number of nitrogens with zero attached hydrogens (tertiary/aromatic N) is 4. The van der Waals surface area contributed by atoms with Crippen LogP contribution in [0.3, 0.4) is 0 Å². The maximum absolute atomic E-state index is 12.9. The maximum atomic E-state index is 12.9. The zero-order valence-corrected chi connectivity index (χ0v) is 20.1. The molecule has 3 aromatic rings. The van der Waals surface area contributed by atoms with Gasteiger partial charge < -0.3 is 9.30 Å². The molecular weight excluding hydrogens is 447 g/mol. The van der Waals surface area contributed by atoms with E-state index in [0.29, 0.717) is 37.0 Å². The van der Waals surface area contributed by atoms with E-state index in [4.69, 9.17) is 13.8 Å². The van der Waals surface area contributed by atoms with Gasteiger partial charge in [-0.05, 0) is 32.3 Å². The van der Waals surface area contributed by atoms with E-state index in [9.17, 15) is 14.2 Å². The standard InChI is InChI=1S/C22H30N4O6P/c1-4-30-16-25-15-23-20-19(25)21(27)26(22(28)24(20)3)12-8-9-13-31-33(29)32-17(2)14-18-10-6-5-7-11-18/h5-7,10-11,15,17H,4,8-9,12-14,16H2,1-3H3/q+1. The summed E-state index contributed by atoms with van der Waals surface area (Å²) in [7, 11) is -0.658. The lowest BCUT2D eigenvalue weighted by Crippen LogP contribution is -2.39. The van der Waals surface area contributed by atoms with Gasteiger partial charge in [-0.1, -0.05) is 30.3 Å². The summed E-state index contributed by atoms with van der Waals surface area (Å²) in [5.74, 6) is 0. The van der Waals surface area contributed by atoms with Crippen molar-refractivity contribution in [2.24, 2.45) is 7.05 Å². The Morgan fingerprint density at radius 3 is 2.64 bits per heavy atom. The van der Waals surface area contributed by atoms with Crippen molar-refractivity contribution in [1.29, 1.82) is 0 Å². The van der Waals surface area contributed by atoms with E-state index in [1.165, 1.54) is 15.5 Å². The summed E-state index contributed by atoms with van der Waals surface area (Å²) in [4.78, 5) is 29.7. The number of hydrogen-bond acceptors (Lipinski definition) is 7. The molecular formula is C22H30N4O6P+. The van der Waals surface area contributed by atoms with Gasteiger partial charge in [0.1, 0.15) is 19.4 Å². The molecule has 0 saturated heterocycles. The van der Waals surface area contributed by atoms with E-state index in [1.54, 1.807) is 11.6 Å². The summed E-state index contributed by atoms with van der Waals surface area (Å²) in [6.07, 6.45) is 2.91. The molecule has 0 bridgehead atoms. The molecule has 1 aromatic carbocycles. The Hall–Kier alpha value is -2.65. The second-order valence-corrected chi connectivity index (χ2v) is 8.59. The third-order valence-electron chi connectivity index (χ3n) is 5.14. The Balaban J connectivity index is 1.51. The number of aryl methyl sites for hydroxylation is 1. The highest BCUT2D eigenvalue weighted by Gasteiger charge is 2.24. The summed E-state index contributed by atoms with van der Waals surface area (Å²) in [5.41, 5.74) is 0.906. The van der Waals surface area contributed by atoms with Crippen LogP contribution in [0.1, 0.15) is 32.3 Å². The average molecular weight is 477 g/mol. The minimum absolute atomic E-state index is 0.185. The van der Waals surface area contributed by atoms with Crippen LogP contribution in [0.2, 0.25) is 0 Å². The summed E-state index contributed by atoms with van der Waals surface area (Å²) < 4.78 is 32.3. The largest absolute Gasteiger partial charge is 0.697 e. The Bertz CT molecular complexity index is 1190. The van der Waals surface area contributed by atoms with Crippen molar-refractivity contribution < 1.29 is 18.3 Å². The van der Waals surface area contributed by atoms with Crippen LogP contribution in [0.5, 0.6) is 0 Å². The van der Waals surface area contributed by atoms with E-state index >= 15 is 0 Å². The highest BCUT2D eigenvalue weighted by Crippen LogP contribution is 2.27. The van der Waals surface area contributed by atoms with Crippen LogP contribution < -0.4 is 11.2 Å². The van der Waals surface area contributed by atoms with Crippen LogP contribution >= 0.6 is 8.25 Å². The van der Waals surface area contributed by atoms with Crippen molar-refractivity contribution in [1.82, 2.24) is 18.7 Å². The first-order valence-corrected chi connectivity index (χ1v) is 12.0. The average Bonchev–Trinajstić information content (AvgIpc) is 3.22. The molecule has 2 aromatic heterocycles. The lowest BCUT2D eigenvalue weighted by molar-refractivity contribution is 0.0903. The van der Waals surface area contributed by atoms with Crippen molar-refractivity contribution >= 4 is 19.4 Å². The molecule has 0 aliphatic heterocycles. The Kier molecular flexibility index (Phi) is 9.08. The molecule has 0 spiro atoms. The number of imidazole rings is 1. The van der Waals surface area contributed by atoms with Gasteiger partial charge in [-0.2, -0.15) is 0 Å². The summed E-state index contributed by atoms with van der Waals surface area (Å²) in [5, 5.41) is 0. The predicted octanol–water partition coefficient (Wildman–Crippen LogP) is 2.99. The van der Waals surface area contributed by atoms with Crippen molar-refractivity contribution in [3.05, 3.63) is 63.1 Å². The van der Waals surface area contributed by atoms with Gasteiger partial charge >= 0.3 is 13.9 Å². The minimum atomic E-state index is -2.24. The SMILES string of the molecule is CCOCn1cnc2c1c(=O)n(CCCCO[P+](=O)OC(C)Cc1ccccc1)c(=O)n2C. The highest BCUT2D eigenvalue weighted by atomic mass is 31.1.